The molecule has 6 nitrogen and oxygen atoms in total. The zero-order valence-electron chi connectivity index (χ0n) is 9.00. The van der Waals surface area contributed by atoms with Crippen molar-refractivity contribution in [3.8, 4) is 0 Å². The number of hydrogen-bond donors (Lipinski definition) is 0. The summed E-state index contributed by atoms with van der Waals surface area (Å²) in [5.74, 6) is 0. The molecule has 16 heavy (non-hydrogen) atoms. The van der Waals surface area contributed by atoms with E-state index in [9.17, 15) is 9.13 Å². The molecule has 0 spiro atoms. The topological polar surface area (TPSA) is 71.1 Å². The molecule has 0 radical (unpaired) electrons. The van der Waals surface area contributed by atoms with Gasteiger partial charge in [0, 0.05) is 9.13 Å². The van der Waals surface area contributed by atoms with Crippen molar-refractivity contribution in [2.45, 2.75) is 25.7 Å². The lowest BCUT2D eigenvalue weighted by molar-refractivity contribution is 0.185. The fraction of sp³-hybridized carbons (Fsp3) is 1.00. The molecule has 0 N–H and O–H groups in total. The third-order valence-corrected chi connectivity index (χ3v) is 3.44. The summed E-state index contributed by atoms with van der Waals surface area (Å²) in [4.78, 5) is 0. The van der Waals surface area contributed by atoms with Gasteiger partial charge in [0.05, 0.1) is 0 Å². The molecule has 8 heteroatoms. The van der Waals surface area contributed by atoms with Gasteiger partial charge in [-0.3, -0.25) is 0 Å². The van der Waals surface area contributed by atoms with Crippen LogP contribution in [0.25, 0.3) is 0 Å². The second-order valence-corrected chi connectivity index (χ2v) is 5.12. The Labute approximate surface area is 96.5 Å². The molecule has 0 unspecified atom stereocenters. The fourth-order valence-electron chi connectivity index (χ4n) is 1.04. The van der Waals surface area contributed by atoms with Gasteiger partial charge in [-0.1, -0.05) is 0 Å². The molecule has 0 aromatic rings. The minimum Gasteiger partial charge on any atom is -0.119 e. The van der Waals surface area contributed by atoms with Gasteiger partial charge in [-0.25, -0.2) is 0 Å². The van der Waals surface area contributed by atoms with Crippen LogP contribution in [0, 0.1) is 0 Å². The predicted octanol–water partition coefficient (Wildman–Crippen LogP) is 2.94. The Morgan fingerprint density at radius 2 is 0.812 bits per heavy atom. The lowest BCUT2D eigenvalue weighted by Crippen LogP contribution is -1.98. The van der Waals surface area contributed by atoms with Crippen molar-refractivity contribution < 1.29 is 27.2 Å². The largest absolute Gasteiger partial charge is 0.697 e. The molecule has 0 bridgehead atoms. The molecule has 0 aromatic heterocycles. The van der Waals surface area contributed by atoms with Crippen molar-refractivity contribution in [1.82, 2.24) is 0 Å². The van der Waals surface area contributed by atoms with Gasteiger partial charge in [-0.15, -0.1) is 18.1 Å². The Bertz CT molecular complexity index is 191. The molecule has 1 rings (SSSR count). The molecule has 92 valence electrons. The molecule has 0 amide bonds. The molecule has 1 heterocycles. The average Bonchev–Trinajstić information content (AvgIpc) is 2.27. The third kappa shape index (κ3) is 7.34. The molecule has 1 saturated heterocycles. The summed E-state index contributed by atoms with van der Waals surface area (Å²) in [6.07, 6.45) is 2.75. The van der Waals surface area contributed by atoms with E-state index in [-0.39, 0.29) is 0 Å². The highest BCUT2D eigenvalue weighted by molar-refractivity contribution is 7.33. The minimum absolute atomic E-state index is 0.357. The highest BCUT2D eigenvalue weighted by Crippen LogP contribution is 2.27. The summed E-state index contributed by atoms with van der Waals surface area (Å²) < 4.78 is 42.0. The Balaban J connectivity index is 2.23. The molecule has 1 aliphatic heterocycles. The van der Waals surface area contributed by atoms with E-state index in [1.54, 1.807) is 0 Å². The first-order chi connectivity index (χ1) is 7.79. The van der Waals surface area contributed by atoms with Crippen LogP contribution in [0.2, 0.25) is 0 Å². The highest BCUT2D eigenvalue weighted by atomic mass is 31.1. The van der Waals surface area contributed by atoms with Crippen LogP contribution in [0.4, 0.5) is 0 Å². The van der Waals surface area contributed by atoms with Gasteiger partial charge in [0.25, 0.3) is 0 Å². The summed E-state index contributed by atoms with van der Waals surface area (Å²) in [6, 6.07) is 0. The first kappa shape index (κ1) is 14.1. The lowest BCUT2D eigenvalue weighted by atomic mass is 10.3. The van der Waals surface area contributed by atoms with Crippen molar-refractivity contribution in [1.29, 1.82) is 0 Å². The Hall–Kier alpha value is 0.0400. The second kappa shape index (κ2) is 9.11. The van der Waals surface area contributed by atoms with E-state index < -0.39 is 16.5 Å². The van der Waals surface area contributed by atoms with Gasteiger partial charge in [-0.05, 0) is 25.7 Å². The number of hydrogen-bond acceptors (Lipinski definition) is 6. The van der Waals surface area contributed by atoms with Crippen LogP contribution in [0.3, 0.4) is 0 Å². The van der Waals surface area contributed by atoms with Gasteiger partial charge >= 0.3 is 16.5 Å². The summed E-state index contributed by atoms with van der Waals surface area (Å²) in [7, 11) is -4.00. The molecule has 1 fully saturated rings. The van der Waals surface area contributed by atoms with Gasteiger partial charge in [0.1, 0.15) is 26.4 Å². The van der Waals surface area contributed by atoms with E-state index in [4.69, 9.17) is 18.1 Å². The molecule has 0 saturated carbocycles. The van der Waals surface area contributed by atoms with E-state index in [0.29, 0.717) is 52.1 Å². The second-order valence-electron chi connectivity index (χ2n) is 3.19. The van der Waals surface area contributed by atoms with Crippen LogP contribution in [0.5, 0.6) is 0 Å². The van der Waals surface area contributed by atoms with Crippen molar-refractivity contribution in [2.24, 2.45) is 0 Å². The SMILES string of the molecule is O=[P+]1OCCCCO[P+](=O)OCCCCO1. The van der Waals surface area contributed by atoms with E-state index in [1.807, 2.05) is 0 Å². The van der Waals surface area contributed by atoms with Crippen molar-refractivity contribution in [3.05, 3.63) is 0 Å². The van der Waals surface area contributed by atoms with Crippen molar-refractivity contribution in [2.75, 3.05) is 26.4 Å². The Kier molecular flexibility index (Phi) is 8.03. The van der Waals surface area contributed by atoms with Gasteiger partial charge in [0.15, 0.2) is 0 Å². The standard InChI is InChI=1S/C8H16O6P2/c9-15-11-5-1-2-6-12-16(10)14-8-4-3-7-13-15/h1-8H2/q+2. The van der Waals surface area contributed by atoms with Gasteiger partial charge in [-0.2, -0.15) is 0 Å². The first-order valence-electron chi connectivity index (χ1n) is 5.25. The molecular weight excluding hydrogens is 254 g/mol. The van der Waals surface area contributed by atoms with Crippen LogP contribution in [-0.2, 0) is 27.2 Å². The van der Waals surface area contributed by atoms with Crippen molar-refractivity contribution in [3.63, 3.8) is 0 Å². The first-order valence-corrected chi connectivity index (χ1v) is 7.44. The van der Waals surface area contributed by atoms with Crippen LogP contribution < -0.4 is 0 Å². The van der Waals surface area contributed by atoms with Crippen molar-refractivity contribution >= 4 is 16.5 Å². The average molecular weight is 270 g/mol. The van der Waals surface area contributed by atoms with E-state index in [2.05, 4.69) is 0 Å². The molecule has 0 atom stereocenters. The summed E-state index contributed by atoms with van der Waals surface area (Å²) in [5.41, 5.74) is 0. The molecular formula is C8H16O6P2+2. The van der Waals surface area contributed by atoms with Crippen LogP contribution >= 0.6 is 16.5 Å². The lowest BCUT2D eigenvalue weighted by Gasteiger charge is -1.96. The normalized spacial score (nSPS) is 27.2. The molecule has 1 aliphatic rings. The smallest absolute Gasteiger partial charge is 0.119 e. The molecule has 0 aliphatic carbocycles. The van der Waals surface area contributed by atoms with Crippen LogP contribution in [0.15, 0.2) is 0 Å². The zero-order valence-corrected chi connectivity index (χ0v) is 10.8. The monoisotopic (exact) mass is 270 g/mol. The maximum Gasteiger partial charge on any atom is 0.697 e. The third-order valence-electron chi connectivity index (χ3n) is 1.86. The predicted molar refractivity (Wildman–Crippen MR) is 57.5 cm³/mol. The quantitative estimate of drug-likeness (QED) is 0.630. The fourth-order valence-corrected chi connectivity index (χ4v) is 2.30. The maximum atomic E-state index is 11.1. The van der Waals surface area contributed by atoms with Gasteiger partial charge in [0.2, 0.25) is 0 Å². The van der Waals surface area contributed by atoms with E-state index in [0.717, 1.165) is 0 Å². The maximum absolute atomic E-state index is 11.1. The highest BCUT2D eigenvalue weighted by Gasteiger charge is 2.22. The Morgan fingerprint density at radius 1 is 0.562 bits per heavy atom. The van der Waals surface area contributed by atoms with Crippen LogP contribution in [0.1, 0.15) is 25.7 Å². The van der Waals surface area contributed by atoms with Gasteiger partial charge < -0.3 is 0 Å². The summed E-state index contributed by atoms with van der Waals surface area (Å²) in [5, 5.41) is 0. The molecule has 0 aromatic carbocycles. The summed E-state index contributed by atoms with van der Waals surface area (Å²) >= 11 is 0. The van der Waals surface area contributed by atoms with Crippen LogP contribution in [-0.4, -0.2) is 26.4 Å². The van der Waals surface area contributed by atoms with E-state index in [1.165, 1.54) is 0 Å². The van der Waals surface area contributed by atoms with E-state index >= 15 is 0 Å². The summed E-state index contributed by atoms with van der Waals surface area (Å²) in [6.45, 7) is 1.43. The minimum atomic E-state index is -2.00. The Morgan fingerprint density at radius 3 is 1.06 bits per heavy atom. The zero-order chi connectivity index (χ0) is 11.6. The number of rotatable bonds is 0.